The number of aryl methyl sites for hydroxylation is 1. The van der Waals surface area contributed by atoms with Crippen molar-refractivity contribution < 1.29 is 4.79 Å². The molecule has 0 aliphatic heterocycles. The maximum absolute atomic E-state index is 11.9. The SMILES string of the molecule is Cc1cc(NC(=O)CNCCc2ccc(Cl)cc2)ccc1Br. The third-order valence-electron chi connectivity index (χ3n) is 3.23. The first-order chi connectivity index (χ1) is 10.5. The molecule has 0 fully saturated rings. The van der Waals surface area contributed by atoms with Crippen LogP contribution in [0.15, 0.2) is 46.9 Å². The van der Waals surface area contributed by atoms with Gasteiger partial charge in [0.25, 0.3) is 0 Å². The molecule has 0 heterocycles. The Bertz CT molecular complexity index is 644. The Hall–Kier alpha value is -1.36. The zero-order chi connectivity index (χ0) is 15.9. The number of nitrogens with one attached hydrogen (secondary N) is 2. The highest BCUT2D eigenvalue weighted by molar-refractivity contribution is 9.10. The van der Waals surface area contributed by atoms with Crippen LogP contribution in [0.3, 0.4) is 0 Å². The van der Waals surface area contributed by atoms with Crippen molar-refractivity contribution in [3.05, 3.63) is 63.1 Å². The molecule has 0 aliphatic carbocycles. The zero-order valence-electron chi connectivity index (χ0n) is 12.3. The minimum Gasteiger partial charge on any atom is -0.325 e. The van der Waals surface area contributed by atoms with Crippen molar-refractivity contribution in [2.45, 2.75) is 13.3 Å². The van der Waals surface area contributed by atoms with E-state index in [0.29, 0.717) is 6.54 Å². The van der Waals surface area contributed by atoms with E-state index in [2.05, 4.69) is 26.6 Å². The summed E-state index contributed by atoms with van der Waals surface area (Å²) in [6.07, 6.45) is 0.863. The van der Waals surface area contributed by atoms with Crippen molar-refractivity contribution in [2.75, 3.05) is 18.4 Å². The normalized spacial score (nSPS) is 10.5. The molecule has 0 aliphatic rings. The lowest BCUT2D eigenvalue weighted by Crippen LogP contribution is -2.29. The average Bonchev–Trinajstić information content (AvgIpc) is 2.49. The highest BCUT2D eigenvalue weighted by Crippen LogP contribution is 2.19. The van der Waals surface area contributed by atoms with Crippen LogP contribution in [0.4, 0.5) is 5.69 Å². The topological polar surface area (TPSA) is 41.1 Å². The van der Waals surface area contributed by atoms with Crippen LogP contribution >= 0.6 is 27.5 Å². The van der Waals surface area contributed by atoms with Crippen LogP contribution in [0.1, 0.15) is 11.1 Å². The first-order valence-electron chi connectivity index (χ1n) is 7.06. The van der Waals surface area contributed by atoms with E-state index in [1.807, 2.05) is 49.4 Å². The Kier molecular flexibility index (Phi) is 6.43. The van der Waals surface area contributed by atoms with Gasteiger partial charge in [-0.05, 0) is 61.3 Å². The number of hydrogen-bond acceptors (Lipinski definition) is 2. The van der Waals surface area contributed by atoms with Crippen LogP contribution in [0.25, 0.3) is 0 Å². The van der Waals surface area contributed by atoms with Crippen molar-refractivity contribution in [2.24, 2.45) is 0 Å². The molecule has 0 saturated carbocycles. The van der Waals surface area contributed by atoms with Crippen molar-refractivity contribution in [1.29, 1.82) is 0 Å². The monoisotopic (exact) mass is 380 g/mol. The molecule has 0 saturated heterocycles. The molecule has 0 unspecified atom stereocenters. The van der Waals surface area contributed by atoms with Crippen molar-refractivity contribution in [3.63, 3.8) is 0 Å². The Labute approximate surface area is 144 Å². The minimum atomic E-state index is -0.0437. The number of amides is 1. The van der Waals surface area contributed by atoms with Crippen LogP contribution in [0.5, 0.6) is 0 Å². The Morgan fingerprint density at radius 3 is 2.59 bits per heavy atom. The summed E-state index contributed by atoms with van der Waals surface area (Å²) in [5.74, 6) is -0.0437. The van der Waals surface area contributed by atoms with Gasteiger partial charge in [-0.2, -0.15) is 0 Å². The number of benzene rings is 2. The fourth-order valence-electron chi connectivity index (χ4n) is 2.01. The third kappa shape index (κ3) is 5.44. The number of carbonyl (C=O) groups is 1. The van der Waals surface area contributed by atoms with Gasteiger partial charge in [0.05, 0.1) is 6.54 Å². The number of halogens is 2. The second kappa shape index (κ2) is 8.32. The lowest BCUT2D eigenvalue weighted by Gasteiger charge is -2.08. The molecule has 3 nitrogen and oxygen atoms in total. The van der Waals surface area contributed by atoms with Crippen molar-refractivity contribution >= 4 is 39.1 Å². The van der Waals surface area contributed by atoms with Crippen LogP contribution in [0, 0.1) is 6.92 Å². The molecule has 2 N–H and O–H groups in total. The summed E-state index contributed by atoms with van der Waals surface area (Å²) in [6, 6.07) is 13.5. The Morgan fingerprint density at radius 1 is 1.18 bits per heavy atom. The van der Waals surface area contributed by atoms with E-state index in [9.17, 15) is 4.79 Å². The Morgan fingerprint density at radius 2 is 1.91 bits per heavy atom. The highest BCUT2D eigenvalue weighted by atomic mass is 79.9. The molecular formula is C17H18BrClN2O. The third-order valence-corrected chi connectivity index (χ3v) is 4.37. The second-order valence-electron chi connectivity index (χ2n) is 5.07. The molecule has 1 amide bonds. The van der Waals surface area contributed by atoms with Gasteiger partial charge in [-0.3, -0.25) is 4.79 Å². The van der Waals surface area contributed by atoms with Crippen molar-refractivity contribution in [1.82, 2.24) is 5.32 Å². The lowest BCUT2D eigenvalue weighted by molar-refractivity contribution is -0.115. The average molecular weight is 382 g/mol. The predicted octanol–water partition coefficient (Wildman–Crippen LogP) is 4.18. The standard InChI is InChI=1S/C17H18BrClN2O/c1-12-10-15(6-7-16(12)18)21-17(22)11-20-9-8-13-2-4-14(19)5-3-13/h2-7,10,20H,8-9,11H2,1H3,(H,21,22). The molecule has 116 valence electrons. The van der Waals surface area contributed by atoms with Gasteiger partial charge in [-0.25, -0.2) is 0 Å². The first-order valence-corrected chi connectivity index (χ1v) is 8.23. The van der Waals surface area contributed by atoms with Crippen LogP contribution in [0.2, 0.25) is 5.02 Å². The second-order valence-corrected chi connectivity index (χ2v) is 6.36. The van der Waals surface area contributed by atoms with Crippen LogP contribution in [-0.4, -0.2) is 19.0 Å². The lowest BCUT2D eigenvalue weighted by atomic mass is 10.1. The van der Waals surface area contributed by atoms with Gasteiger partial charge in [0.15, 0.2) is 0 Å². The van der Waals surface area contributed by atoms with E-state index in [-0.39, 0.29) is 5.91 Å². The summed E-state index contributed by atoms with van der Waals surface area (Å²) in [4.78, 5) is 11.9. The summed E-state index contributed by atoms with van der Waals surface area (Å²) < 4.78 is 1.03. The molecule has 0 bridgehead atoms. The quantitative estimate of drug-likeness (QED) is 0.737. The van der Waals surface area contributed by atoms with E-state index in [4.69, 9.17) is 11.6 Å². The van der Waals surface area contributed by atoms with Gasteiger partial charge in [-0.15, -0.1) is 0 Å². The first kappa shape index (κ1) is 17.0. The molecule has 0 aromatic heterocycles. The van der Waals surface area contributed by atoms with Gasteiger partial charge in [0.2, 0.25) is 5.91 Å². The van der Waals surface area contributed by atoms with Crippen molar-refractivity contribution in [3.8, 4) is 0 Å². The molecule has 0 spiro atoms. The van der Waals surface area contributed by atoms with Gasteiger partial charge in [0.1, 0.15) is 0 Å². The number of hydrogen-bond donors (Lipinski definition) is 2. The van der Waals surface area contributed by atoms with E-state index in [1.165, 1.54) is 5.56 Å². The van der Waals surface area contributed by atoms with Gasteiger partial charge in [0, 0.05) is 15.2 Å². The van der Waals surface area contributed by atoms with E-state index < -0.39 is 0 Å². The summed E-state index contributed by atoms with van der Waals surface area (Å²) in [5, 5.41) is 6.75. The predicted molar refractivity (Wildman–Crippen MR) is 95.5 cm³/mol. The fourth-order valence-corrected chi connectivity index (χ4v) is 2.39. The number of anilines is 1. The highest BCUT2D eigenvalue weighted by Gasteiger charge is 2.03. The fraction of sp³-hybridized carbons (Fsp3) is 0.235. The zero-order valence-corrected chi connectivity index (χ0v) is 14.7. The summed E-state index contributed by atoms with van der Waals surface area (Å²) in [6.45, 7) is 3.03. The largest absolute Gasteiger partial charge is 0.325 e. The number of rotatable bonds is 6. The molecule has 0 atom stereocenters. The molecule has 2 aromatic rings. The van der Waals surface area contributed by atoms with E-state index >= 15 is 0 Å². The molecule has 2 aromatic carbocycles. The Balaban J connectivity index is 1.71. The van der Waals surface area contributed by atoms with Gasteiger partial charge < -0.3 is 10.6 Å². The molecule has 2 rings (SSSR count). The smallest absolute Gasteiger partial charge is 0.238 e. The minimum absolute atomic E-state index is 0.0437. The van der Waals surface area contributed by atoms with E-state index in [0.717, 1.165) is 33.7 Å². The van der Waals surface area contributed by atoms with Gasteiger partial charge in [-0.1, -0.05) is 39.7 Å². The summed E-state index contributed by atoms with van der Waals surface area (Å²) in [7, 11) is 0. The summed E-state index contributed by atoms with van der Waals surface area (Å²) >= 11 is 9.28. The molecule has 5 heteroatoms. The van der Waals surface area contributed by atoms with E-state index in [1.54, 1.807) is 0 Å². The molecule has 0 radical (unpaired) electrons. The number of carbonyl (C=O) groups excluding carboxylic acids is 1. The molecule has 22 heavy (non-hydrogen) atoms. The van der Waals surface area contributed by atoms with Crippen LogP contribution in [-0.2, 0) is 11.2 Å². The maximum atomic E-state index is 11.9. The summed E-state index contributed by atoms with van der Waals surface area (Å²) in [5.41, 5.74) is 3.10. The molecular weight excluding hydrogens is 364 g/mol. The van der Waals surface area contributed by atoms with Gasteiger partial charge >= 0.3 is 0 Å². The maximum Gasteiger partial charge on any atom is 0.238 e. The van der Waals surface area contributed by atoms with Crippen LogP contribution < -0.4 is 10.6 Å².